The molecule has 1 N–H and O–H groups in total. The average Bonchev–Trinajstić information content (AvgIpc) is 3.04. The van der Waals surface area contributed by atoms with E-state index in [0.717, 1.165) is 22.5 Å². The molecule has 8 heteroatoms. The molecule has 0 unspecified atom stereocenters. The Morgan fingerprint density at radius 1 is 1.00 bits per heavy atom. The van der Waals surface area contributed by atoms with Crippen molar-refractivity contribution in [3.8, 4) is 17.4 Å². The maximum atomic E-state index is 12.3. The van der Waals surface area contributed by atoms with E-state index in [1.165, 1.54) is 0 Å². The van der Waals surface area contributed by atoms with Crippen LogP contribution < -0.4 is 10.1 Å². The van der Waals surface area contributed by atoms with Crippen LogP contribution >= 0.6 is 11.6 Å². The van der Waals surface area contributed by atoms with Gasteiger partial charge < -0.3 is 10.1 Å². The lowest BCUT2D eigenvalue weighted by Crippen LogP contribution is -2.14. The number of anilines is 1. The van der Waals surface area contributed by atoms with E-state index >= 15 is 0 Å². The summed E-state index contributed by atoms with van der Waals surface area (Å²) in [6.45, 7) is 5.99. The molecule has 2 aromatic heterocycles. The summed E-state index contributed by atoms with van der Waals surface area (Å²) in [5.41, 5.74) is 4.56. The third-order valence-corrected chi connectivity index (χ3v) is 5.53. The van der Waals surface area contributed by atoms with Gasteiger partial charge >= 0.3 is 0 Å². The van der Waals surface area contributed by atoms with Gasteiger partial charge in [-0.05, 0) is 68.3 Å². The molecular weight excluding hydrogens is 426 g/mol. The van der Waals surface area contributed by atoms with E-state index in [1.54, 1.807) is 41.1 Å². The van der Waals surface area contributed by atoms with Crippen LogP contribution in [-0.2, 0) is 11.2 Å². The Hall–Kier alpha value is -3.71. The molecule has 0 radical (unpaired) electrons. The third kappa shape index (κ3) is 4.78. The van der Waals surface area contributed by atoms with Crippen molar-refractivity contribution < 1.29 is 9.53 Å². The number of nitrogens with one attached hydrogen (secondary N) is 1. The minimum atomic E-state index is -0.146. The normalized spacial score (nSPS) is 10.8. The van der Waals surface area contributed by atoms with Gasteiger partial charge in [0.15, 0.2) is 5.82 Å². The Labute approximate surface area is 191 Å². The van der Waals surface area contributed by atoms with Gasteiger partial charge in [-0.15, -0.1) is 10.2 Å². The molecule has 0 aliphatic carbocycles. The van der Waals surface area contributed by atoms with E-state index in [2.05, 4.69) is 20.6 Å². The minimum absolute atomic E-state index is 0.146. The summed E-state index contributed by atoms with van der Waals surface area (Å²) in [5, 5.41) is 16.3. The summed E-state index contributed by atoms with van der Waals surface area (Å²) in [4.78, 5) is 12.3. The van der Waals surface area contributed by atoms with Crippen LogP contribution in [0, 0.1) is 20.8 Å². The highest BCUT2D eigenvalue weighted by Gasteiger charge is 2.11. The molecule has 0 aliphatic heterocycles. The van der Waals surface area contributed by atoms with Gasteiger partial charge in [-0.25, -0.2) is 4.68 Å². The van der Waals surface area contributed by atoms with Gasteiger partial charge in [0, 0.05) is 22.5 Å². The molecule has 2 aromatic carbocycles. The number of hydrogen-bond acceptors (Lipinski definition) is 5. The first-order valence-electron chi connectivity index (χ1n) is 10.1. The van der Waals surface area contributed by atoms with Crippen molar-refractivity contribution in [3.05, 3.63) is 88.2 Å². The van der Waals surface area contributed by atoms with Crippen LogP contribution in [-0.4, -0.2) is 25.9 Å². The predicted molar refractivity (Wildman–Crippen MR) is 124 cm³/mol. The molecule has 0 saturated heterocycles. The molecule has 0 saturated carbocycles. The molecule has 7 nitrogen and oxygen atoms in total. The quantitative estimate of drug-likeness (QED) is 0.438. The number of ether oxygens (including phenoxy) is 1. The smallest absolute Gasteiger partial charge is 0.238 e. The Morgan fingerprint density at radius 2 is 1.75 bits per heavy atom. The fourth-order valence-corrected chi connectivity index (χ4v) is 3.37. The Bertz CT molecular complexity index is 1250. The molecule has 2 heterocycles. The summed E-state index contributed by atoms with van der Waals surface area (Å²) in [6.07, 6.45) is 0.203. The molecule has 0 spiro atoms. The zero-order valence-corrected chi connectivity index (χ0v) is 18.7. The molecule has 4 rings (SSSR count). The summed E-state index contributed by atoms with van der Waals surface area (Å²) >= 11 is 6.12. The maximum absolute atomic E-state index is 12.3. The molecule has 0 bridgehead atoms. The summed E-state index contributed by atoms with van der Waals surface area (Å²) in [7, 11) is 0. The fraction of sp³-hybridized carbons (Fsp3) is 0.167. The van der Waals surface area contributed by atoms with Gasteiger partial charge in [-0.3, -0.25) is 4.79 Å². The van der Waals surface area contributed by atoms with Crippen LogP contribution in [0.5, 0.6) is 11.6 Å². The number of aryl methyl sites for hydroxylation is 1. The standard InChI is InChI=1S/C24H22ClN5O2/c1-15-16(2)29-30(17(15)3)22-12-13-24(28-27-22)32-20-10-8-19(9-11-20)26-23(31)14-18-6-4-5-7-21(18)25/h4-13H,14H2,1-3H3,(H,26,31). The van der Waals surface area contributed by atoms with E-state index in [0.29, 0.717) is 28.2 Å². The number of carbonyl (C=O) groups is 1. The number of carbonyl (C=O) groups excluding carboxylic acids is 1. The second-order valence-electron chi connectivity index (χ2n) is 7.38. The summed E-state index contributed by atoms with van der Waals surface area (Å²) < 4.78 is 7.53. The van der Waals surface area contributed by atoms with Crippen LogP contribution in [0.4, 0.5) is 5.69 Å². The van der Waals surface area contributed by atoms with Gasteiger partial charge in [-0.1, -0.05) is 29.8 Å². The average molecular weight is 448 g/mol. The van der Waals surface area contributed by atoms with Gasteiger partial charge in [0.25, 0.3) is 0 Å². The molecule has 1 amide bonds. The Morgan fingerprint density at radius 3 is 2.38 bits per heavy atom. The highest BCUT2D eigenvalue weighted by atomic mass is 35.5. The zero-order valence-electron chi connectivity index (χ0n) is 18.0. The lowest BCUT2D eigenvalue weighted by Gasteiger charge is -2.09. The van der Waals surface area contributed by atoms with Crippen LogP contribution in [0.1, 0.15) is 22.5 Å². The summed E-state index contributed by atoms with van der Waals surface area (Å²) in [6, 6.07) is 17.9. The lowest BCUT2D eigenvalue weighted by molar-refractivity contribution is -0.115. The van der Waals surface area contributed by atoms with Crippen molar-refractivity contribution in [2.45, 2.75) is 27.2 Å². The monoisotopic (exact) mass is 447 g/mol. The van der Waals surface area contributed by atoms with Gasteiger partial charge in [0.05, 0.1) is 12.1 Å². The van der Waals surface area contributed by atoms with Crippen molar-refractivity contribution >= 4 is 23.2 Å². The molecule has 0 fully saturated rings. The highest BCUT2D eigenvalue weighted by molar-refractivity contribution is 6.31. The van der Waals surface area contributed by atoms with Crippen LogP contribution in [0.2, 0.25) is 5.02 Å². The maximum Gasteiger partial charge on any atom is 0.238 e. The van der Waals surface area contributed by atoms with Crippen LogP contribution in [0.25, 0.3) is 5.82 Å². The van der Waals surface area contributed by atoms with Gasteiger partial charge in [0.1, 0.15) is 5.75 Å². The van der Waals surface area contributed by atoms with E-state index in [9.17, 15) is 4.79 Å². The highest BCUT2D eigenvalue weighted by Crippen LogP contribution is 2.23. The number of rotatable bonds is 6. The van der Waals surface area contributed by atoms with Crippen molar-refractivity contribution in [1.29, 1.82) is 0 Å². The number of amides is 1. The van der Waals surface area contributed by atoms with Gasteiger partial charge in [-0.2, -0.15) is 5.10 Å². The molecule has 162 valence electrons. The molecule has 0 aliphatic rings. The lowest BCUT2D eigenvalue weighted by atomic mass is 10.1. The van der Waals surface area contributed by atoms with Crippen LogP contribution in [0.3, 0.4) is 0 Å². The molecule has 32 heavy (non-hydrogen) atoms. The minimum Gasteiger partial charge on any atom is -0.438 e. The first-order valence-corrected chi connectivity index (χ1v) is 10.5. The van der Waals surface area contributed by atoms with Crippen molar-refractivity contribution in [3.63, 3.8) is 0 Å². The SMILES string of the molecule is Cc1nn(-c2ccc(Oc3ccc(NC(=O)Cc4ccccc4Cl)cc3)nn2)c(C)c1C. The van der Waals surface area contributed by atoms with Gasteiger partial charge in [0.2, 0.25) is 11.8 Å². The number of aromatic nitrogens is 4. The number of nitrogens with zero attached hydrogens (tertiary/aromatic N) is 4. The largest absolute Gasteiger partial charge is 0.438 e. The topological polar surface area (TPSA) is 81.9 Å². The first-order chi connectivity index (χ1) is 15.4. The van der Waals surface area contributed by atoms with Crippen molar-refractivity contribution in [2.75, 3.05) is 5.32 Å². The van der Waals surface area contributed by atoms with Crippen LogP contribution in [0.15, 0.2) is 60.7 Å². The van der Waals surface area contributed by atoms with E-state index in [-0.39, 0.29) is 12.3 Å². The molecule has 0 atom stereocenters. The third-order valence-electron chi connectivity index (χ3n) is 5.17. The van der Waals surface area contributed by atoms with Crippen molar-refractivity contribution in [2.24, 2.45) is 0 Å². The second kappa shape index (κ2) is 9.20. The Balaban J connectivity index is 1.37. The van der Waals surface area contributed by atoms with E-state index < -0.39 is 0 Å². The zero-order chi connectivity index (χ0) is 22.7. The van der Waals surface area contributed by atoms with E-state index in [4.69, 9.17) is 16.3 Å². The van der Waals surface area contributed by atoms with E-state index in [1.807, 2.05) is 45.0 Å². The Kier molecular flexibility index (Phi) is 6.18. The number of halogens is 1. The second-order valence-corrected chi connectivity index (χ2v) is 7.79. The fourth-order valence-electron chi connectivity index (χ4n) is 3.17. The predicted octanol–water partition coefficient (Wildman–Crippen LogP) is 5.21. The van der Waals surface area contributed by atoms with Crippen molar-refractivity contribution in [1.82, 2.24) is 20.0 Å². The first kappa shape index (κ1) is 21.5. The number of benzene rings is 2. The summed E-state index contributed by atoms with van der Waals surface area (Å²) in [5.74, 6) is 1.43. The molecular formula is C24H22ClN5O2. The molecule has 4 aromatic rings. The number of hydrogen-bond donors (Lipinski definition) is 1.